The van der Waals surface area contributed by atoms with Crippen LogP contribution in [0.1, 0.15) is 61.3 Å². The fraction of sp³-hybridized carbons (Fsp3) is 1.00. The van der Waals surface area contributed by atoms with Crippen molar-refractivity contribution in [3.05, 3.63) is 0 Å². The fourth-order valence-corrected chi connectivity index (χ4v) is 2.09. The average Bonchev–Trinajstić information content (AvgIpc) is 2.14. The van der Waals surface area contributed by atoms with Crippen LogP contribution in [0.2, 0.25) is 0 Å². The molecule has 2 nitrogen and oxygen atoms in total. The minimum Gasteiger partial charge on any atom is -0.311 e. The van der Waals surface area contributed by atoms with Crippen LogP contribution in [0.15, 0.2) is 0 Å². The molecular weight excluding hydrogens is 208 g/mol. The summed E-state index contributed by atoms with van der Waals surface area (Å²) >= 11 is 0. The molecular formula is C15H34N2. The maximum atomic E-state index is 3.66. The van der Waals surface area contributed by atoms with Crippen molar-refractivity contribution in [3.8, 4) is 0 Å². The highest BCUT2D eigenvalue weighted by Crippen LogP contribution is 2.25. The molecule has 2 heteroatoms. The second-order valence-corrected chi connectivity index (χ2v) is 7.17. The predicted molar refractivity (Wildman–Crippen MR) is 78.5 cm³/mol. The van der Waals surface area contributed by atoms with E-state index in [2.05, 4.69) is 65.7 Å². The molecule has 104 valence electrons. The third-order valence-corrected chi connectivity index (χ3v) is 3.41. The van der Waals surface area contributed by atoms with Gasteiger partial charge in [-0.25, -0.2) is 0 Å². The average molecular weight is 242 g/mol. The summed E-state index contributed by atoms with van der Waals surface area (Å²) in [7, 11) is 2.23. The lowest BCUT2D eigenvalue weighted by atomic mass is 9.84. The summed E-state index contributed by atoms with van der Waals surface area (Å²) in [6.07, 6.45) is 2.54. The van der Waals surface area contributed by atoms with Crippen LogP contribution in [0.3, 0.4) is 0 Å². The van der Waals surface area contributed by atoms with Crippen LogP contribution in [0, 0.1) is 5.41 Å². The summed E-state index contributed by atoms with van der Waals surface area (Å²) in [4.78, 5) is 2.46. The molecule has 1 unspecified atom stereocenters. The molecule has 0 bridgehead atoms. The maximum Gasteiger partial charge on any atom is 0.00967 e. The van der Waals surface area contributed by atoms with E-state index in [1.165, 1.54) is 19.4 Å². The molecule has 0 aromatic rings. The molecule has 0 aliphatic rings. The van der Waals surface area contributed by atoms with Crippen LogP contribution in [0.25, 0.3) is 0 Å². The van der Waals surface area contributed by atoms with Gasteiger partial charge in [-0.2, -0.15) is 0 Å². The van der Waals surface area contributed by atoms with E-state index < -0.39 is 0 Å². The van der Waals surface area contributed by atoms with Crippen molar-refractivity contribution in [2.45, 2.75) is 72.9 Å². The van der Waals surface area contributed by atoms with Crippen molar-refractivity contribution in [2.24, 2.45) is 5.41 Å². The fourth-order valence-electron chi connectivity index (χ4n) is 2.09. The maximum absolute atomic E-state index is 3.66. The number of nitrogens with one attached hydrogen (secondary N) is 1. The standard InChI is InChI=1S/C15H34N2/c1-9-10-15(7,11-16-14(4,5)6)12-17(8)13(2)3/h13,16H,9-12H2,1-8H3. The molecule has 0 aliphatic carbocycles. The normalized spacial score (nSPS) is 16.6. The zero-order valence-electron chi connectivity index (χ0n) is 13.4. The summed E-state index contributed by atoms with van der Waals surface area (Å²) in [5.74, 6) is 0. The quantitative estimate of drug-likeness (QED) is 0.735. The van der Waals surface area contributed by atoms with E-state index in [9.17, 15) is 0 Å². The minimum absolute atomic E-state index is 0.214. The number of rotatable bonds is 7. The predicted octanol–water partition coefficient (Wildman–Crippen LogP) is 3.52. The highest BCUT2D eigenvalue weighted by Gasteiger charge is 2.27. The van der Waals surface area contributed by atoms with Gasteiger partial charge in [0.2, 0.25) is 0 Å². The Bertz CT molecular complexity index is 205. The van der Waals surface area contributed by atoms with E-state index in [0.29, 0.717) is 11.5 Å². The molecule has 0 aliphatic heterocycles. The van der Waals surface area contributed by atoms with Crippen LogP contribution >= 0.6 is 0 Å². The molecule has 0 spiro atoms. The van der Waals surface area contributed by atoms with Gasteiger partial charge in [0.15, 0.2) is 0 Å². The van der Waals surface area contributed by atoms with E-state index in [1.54, 1.807) is 0 Å². The third-order valence-electron chi connectivity index (χ3n) is 3.41. The molecule has 17 heavy (non-hydrogen) atoms. The molecule has 1 N–H and O–H groups in total. The first-order chi connectivity index (χ1) is 7.59. The van der Waals surface area contributed by atoms with Crippen LogP contribution < -0.4 is 5.32 Å². The smallest absolute Gasteiger partial charge is 0.00967 e. The Morgan fingerprint density at radius 2 is 1.65 bits per heavy atom. The minimum atomic E-state index is 0.214. The van der Waals surface area contributed by atoms with Crippen LogP contribution in [0.5, 0.6) is 0 Å². The van der Waals surface area contributed by atoms with Crippen molar-refractivity contribution in [1.82, 2.24) is 10.2 Å². The van der Waals surface area contributed by atoms with Gasteiger partial charge in [-0.15, -0.1) is 0 Å². The Morgan fingerprint density at radius 3 is 2.00 bits per heavy atom. The van der Waals surface area contributed by atoms with Crippen molar-refractivity contribution >= 4 is 0 Å². The van der Waals surface area contributed by atoms with Gasteiger partial charge in [0.1, 0.15) is 0 Å². The third kappa shape index (κ3) is 7.77. The van der Waals surface area contributed by atoms with Crippen molar-refractivity contribution < 1.29 is 0 Å². The van der Waals surface area contributed by atoms with Crippen molar-refractivity contribution in [2.75, 3.05) is 20.1 Å². The SMILES string of the molecule is CCCC(C)(CNC(C)(C)C)CN(C)C(C)C. The van der Waals surface area contributed by atoms with Gasteiger partial charge in [0.25, 0.3) is 0 Å². The van der Waals surface area contributed by atoms with E-state index in [0.717, 1.165) is 6.54 Å². The zero-order chi connectivity index (χ0) is 13.7. The number of nitrogens with zero attached hydrogens (tertiary/aromatic N) is 1. The highest BCUT2D eigenvalue weighted by atomic mass is 15.1. The first-order valence-electron chi connectivity index (χ1n) is 7.05. The monoisotopic (exact) mass is 242 g/mol. The Hall–Kier alpha value is -0.0800. The van der Waals surface area contributed by atoms with Gasteiger partial charge in [-0.1, -0.05) is 20.3 Å². The van der Waals surface area contributed by atoms with Crippen LogP contribution in [-0.4, -0.2) is 36.6 Å². The molecule has 0 amide bonds. The lowest BCUT2D eigenvalue weighted by molar-refractivity contribution is 0.140. The van der Waals surface area contributed by atoms with Gasteiger partial charge in [-0.05, 0) is 53.5 Å². The van der Waals surface area contributed by atoms with Gasteiger partial charge in [-0.3, -0.25) is 0 Å². The molecule has 0 radical (unpaired) electrons. The number of hydrogen-bond donors (Lipinski definition) is 1. The Labute approximate surface area is 109 Å². The van der Waals surface area contributed by atoms with Crippen molar-refractivity contribution in [1.29, 1.82) is 0 Å². The summed E-state index contributed by atoms with van der Waals surface area (Å²) in [6, 6.07) is 0.626. The van der Waals surface area contributed by atoms with Gasteiger partial charge < -0.3 is 10.2 Å². The first kappa shape index (κ1) is 16.9. The Kier molecular flexibility index (Phi) is 6.71. The Balaban J connectivity index is 4.45. The molecule has 0 aromatic carbocycles. The van der Waals surface area contributed by atoms with Gasteiger partial charge in [0.05, 0.1) is 0 Å². The zero-order valence-corrected chi connectivity index (χ0v) is 13.4. The molecule has 0 fully saturated rings. The number of hydrogen-bond acceptors (Lipinski definition) is 2. The summed E-state index contributed by atoms with van der Waals surface area (Å²) < 4.78 is 0. The second kappa shape index (κ2) is 6.75. The van der Waals surface area contributed by atoms with E-state index in [-0.39, 0.29) is 5.54 Å². The molecule has 0 saturated heterocycles. The van der Waals surface area contributed by atoms with E-state index >= 15 is 0 Å². The molecule has 0 rings (SSSR count). The topological polar surface area (TPSA) is 15.3 Å². The van der Waals surface area contributed by atoms with E-state index in [1.807, 2.05) is 0 Å². The lowest BCUT2D eigenvalue weighted by Gasteiger charge is -2.38. The van der Waals surface area contributed by atoms with Crippen molar-refractivity contribution in [3.63, 3.8) is 0 Å². The molecule has 0 saturated carbocycles. The van der Waals surface area contributed by atoms with Gasteiger partial charge >= 0.3 is 0 Å². The van der Waals surface area contributed by atoms with Crippen LogP contribution in [-0.2, 0) is 0 Å². The summed E-state index contributed by atoms with van der Waals surface area (Å²) in [5.41, 5.74) is 0.590. The summed E-state index contributed by atoms with van der Waals surface area (Å²) in [5, 5.41) is 3.66. The van der Waals surface area contributed by atoms with Crippen LogP contribution in [0.4, 0.5) is 0 Å². The lowest BCUT2D eigenvalue weighted by Crippen LogP contribution is -2.48. The summed E-state index contributed by atoms with van der Waals surface area (Å²) in [6.45, 7) is 18.2. The molecule has 1 atom stereocenters. The molecule has 0 heterocycles. The Morgan fingerprint density at radius 1 is 1.12 bits per heavy atom. The van der Waals surface area contributed by atoms with Gasteiger partial charge in [0, 0.05) is 24.7 Å². The highest BCUT2D eigenvalue weighted by molar-refractivity contribution is 4.84. The van der Waals surface area contributed by atoms with E-state index in [4.69, 9.17) is 0 Å². The largest absolute Gasteiger partial charge is 0.311 e. The second-order valence-electron chi connectivity index (χ2n) is 7.17. The first-order valence-corrected chi connectivity index (χ1v) is 7.05. The molecule has 0 aromatic heterocycles.